The first-order chi connectivity index (χ1) is 9.06. The van der Waals surface area contributed by atoms with Gasteiger partial charge in [-0.1, -0.05) is 12.2 Å². The van der Waals surface area contributed by atoms with E-state index in [0.717, 1.165) is 18.9 Å². The molecule has 0 saturated carbocycles. The molecule has 2 rings (SSSR count). The molecule has 0 radical (unpaired) electrons. The van der Waals surface area contributed by atoms with Gasteiger partial charge < -0.3 is 16.0 Å². The molecule has 1 aromatic heterocycles. The minimum atomic E-state index is 0.280. The van der Waals surface area contributed by atoms with Gasteiger partial charge in [-0.3, -0.25) is 0 Å². The molecule has 19 heavy (non-hydrogen) atoms. The lowest BCUT2D eigenvalue weighted by atomic mass is 10.1. The summed E-state index contributed by atoms with van der Waals surface area (Å²) in [6.07, 6.45) is 4.53. The third-order valence-corrected chi connectivity index (χ3v) is 3.73. The van der Waals surface area contributed by atoms with E-state index in [2.05, 4.69) is 34.0 Å². The summed E-state index contributed by atoms with van der Waals surface area (Å²) in [5.74, 6) is 1.46. The highest BCUT2D eigenvalue weighted by Crippen LogP contribution is 2.18. The van der Waals surface area contributed by atoms with E-state index in [1.165, 1.54) is 13.0 Å². The quantitative estimate of drug-likeness (QED) is 0.791. The molecule has 0 aromatic carbocycles. The smallest absolute Gasteiger partial charge is 0.144 e. The average Bonchev–Trinajstić information content (AvgIpc) is 2.86. The van der Waals surface area contributed by atoms with Gasteiger partial charge in [0, 0.05) is 19.1 Å². The number of likely N-dealkylation sites (tertiary alicyclic amines) is 1. The van der Waals surface area contributed by atoms with Crippen LogP contribution in [0, 0.1) is 5.92 Å². The monoisotopic (exact) mass is 279 g/mol. The van der Waals surface area contributed by atoms with Crippen molar-refractivity contribution in [2.75, 3.05) is 25.0 Å². The summed E-state index contributed by atoms with van der Waals surface area (Å²) in [6, 6.07) is 0.634. The summed E-state index contributed by atoms with van der Waals surface area (Å²) in [6.45, 7) is 7.77. The van der Waals surface area contributed by atoms with Crippen LogP contribution >= 0.6 is 12.2 Å². The summed E-state index contributed by atoms with van der Waals surface area (Å²) in [5, 5.41) is 3.33. The largest absolute Gasteiger partial charge is 0.388 e. The summed E-state index contributed by atoms with van der Waals surface area (Å²) < 4.78 is 0. The molecule has 5 nitrogen and oxygen atoms in total. The molecular formula is C13H21N5S. The Morgan fingerprint density at radius 3 is 2.84 bits per heavy atom. The van der Waals surface area contributed by atoms with Crippen LogP contribution in [0.3, 0.4) is 0 Å². The van der Waals surface area contributed by atoms with Crippen LogP contribution in [0.5, 0.6) is 0 Å². The van der Waals surface area contributed by atoms with Gasteiger partial charge in [0.2, 0.25) is 0 Å². The van der Waals surface area contributed by atoms with Gasteiger partial charge in [0.25, 0.3) is 0 Å². The fraction of sp³-hybridized carbons (Fsp3) is 0.615. The van der Waals surface area contributed by atoms with Crippen LogP contribution in [0.4, 0.5) is 5.82 Å². The lowest BCUT2D eigenvalue weighted by Gasteiger charge is -2.20. The zero-order valence-electron chi connectivity index (χ0n) is 11.5. The van der Waals surface area contributed by atoms with Gasteiger partial charge in [0.05, 0.1) is 12.4 Å². The maximum atomic E-state index is 5.48. The number of hydrogen-bond acceptors (Lipinski definition) is 5. The zero-order valence-corrected chi connectivity index (χ0v) is 12.3. The van der Waals surface area contributed by atoms with Gasteiger partial charge in [-0.2, -0.15) is 0 Å². The maximum absolute atomic E-state index is 5.48. The summed E-state index contributed by atoms with van der Waals surface area (Å²) in [5.41, 5.74) is 6.05. The third kappa shape index (κ3) is 3.84. The number of aromatic nitrogens is 2. The van der Waals surface area contributed by atoms with Crippen molar-refractivity contribution in [1.82, 2.24) is 14.9 Å². The molecule has 0 spiro atoms. The van der Waals surface area contributed by atoms with Crippen molar-refractivity contribution < 1.29 is 0 Å². The van der Waals surface area contributed by atoms with Crippen molar-refractivity contribution in [3.8, 4) is 0 Å². The number of hydrogen-bond donors (Lipinski definition) is 2. The molecule has 0 amide bonds. The Morgan fingerprint density at radius 1 is 1.53 bits per heavy atom. The van der Waals surface area contributed by atoms with E-state index >= 15 is 0 Å². The number of nitrogens with zero attached hydrogens (tertiary/aromatic N) is 3. The van der Waals surface area contributed by atoms with E-state index in [9.17, 15) is 0 Å². The number of nitrogens with one attached hydrogen (secondary N) is 1. The summed E-state index contributed by atoms with van der Waals surface area (Å²) in [7, 11) is 0. The standard InChI is InChI=1S/C13H21N5S/c1-9(2)18-4-3-10(8-18)5-16-12-7-15-11(6-17-12)13(14)19/h6-7,9-10H,3-5,8H2,1-2H3,(H2,14,19)(H,16,17). The maximum Gasteiger partial charge on any atom is 0.144 e. The van der Waals surface area contributed by atoms with E-state index < -0.39 is 0 Å². The van der Waals surface area contributed by atoms with Crippen LogP contribution in [0.25, 0.3) is 0 Å². The van der Waals surface area contributed by atoms with Crippen molar-refractivity contribution in [2.45, 2.75) is 26.3 Å². The third-order valence-electron chi connectivity index (χ3n) is 3.52. The second-order valence-electron chi connectivity index (χ2n) is 5.28. The predicted molar refractivity (Wildman–Crippen MR) is 81.2 cm³/mol. The van der Waals surface area contributed by atoms with Gasteiger partial charge >= 0.3 is 0 Å². The topological polar surface area (TPSA) is 67.1 Å². The zero-order chi connectivity index (χ0) is 13.8. The van der Waals surface area contributed by atoms with Crippen molar-refractivity contribution in [2.24, 2.45) is 11.7 Å². The highest BCUT2D eigenvalue weighted by atomic mass is 32.1. The first kappa shape index (κ1) is 14.1. The second-order valence-corrected chi connectivity index (χ2v) is 5.72. The first-order valence-corrected chi connectivity index (χ1v) is 7.07. The lowest BCUT2D eigenvalue weighted by molar-refractivity contribution is 0.266. The van der Waals surface area contributed by atoms with Crippen LogP contribution in [0.1, 0.15) is 26.0 Å². The van der Waals surface area contributed by atoms with Gasteiger partial charge in [-0.15, -0.1) is 0 Å². The van der Waals surface area contributed by atoms with Crippen LogP contribution < -0.4 is 11.1 Å². The van der Waals surface area contributed by atoms with Crippen LogP contribution in [0.15, 0.2) is 12.4 Å². The highest BCUT2D eigenvalue weighted by molar-refractivity contribution is 7.80. The Balaban J connectivity index is 1.81. The Morgan fingerprint density at radius 2 is 2.32 bits per heavy atom. The summed E-state index contributed by atoms with van der Waals surface area (Å²) in [4.78, 5) is 11.2. The second kappa shape index (κ2) is 6.25. The van der Waals surface area contributed by atoms with E-state index in [0.29, 0.717) is 17.7 Å². The Kier molecular flexibility index (Phi) is 4.66. The number of anilines is 1. The molecule has 1 aliphatic rings. The molecule has 0 bridgehead atoms. The molecule has 3 N–H and O–H groups in total. The van der Waals surface area contributed by atoms with Crippen LogP contribution in [0.2, 0.25) is 0 Å². The van der Waals surface area contributed by atoms with Gasteiger partial charge in [-0.25, -0.2) is 9.97 Å². The molecule has 0 aliphatic carbocycles. The molecule has 6 heteroatoms. The van der Waals surface area contributed by atoms with Crippen molar-refractivity contribution >= 4 is 23.0 Å². The van der Waals surface area contributed by atoms with Crippen molar-refractivity contribution in [3.63, 3.8) is 0 Å². The van der Waals surface area contributed by atoms with E-state index in [1.54, 1.807) is 12.4 Å². The number of rotatable bonds is 5. The molecular weight excluding hydrogens is 258 g/mol. The van der Waals surface area contributed by atoms with E-state index in [4.69, 9.17) is 18.0 Å². The molecule has 1 saturated heterocycles. The Bertz CT molecular complexity index is 431. The van der Waals surface area contributed by atoms with Gasteiger partial charge in [-0.05, 0) is 32.7 Å². The SMILES string of the molecule is CC(C)N1CCC(CNc2cnc(C(N)=S)cn2)C1. The van der Waals surface area contributed by atoms with E-state index in [-0.39, 0.29) is 4.99 Å². The fourth-order valence-corrected chi connectivity index (χ4v) is 2.40. The normalized spacial score (nSPS) is 19.8. The minimum Gasteiger partial charge on any atom is -0.388 e. The predicted octanol–water partition coefficient (Wildman–Crippen LogP) is 1.25. The number of thiocarbonyl (C=S) groups is 1. The van der Waals surface area contributed by atoms with Gasteiger partial charge in [0.15, 0.2) is 0 Å². The average molecular weight is 279 g/mol. The Labute approximate surface area is 119 Å². The molecule has 1 fully saturated rings. The van der Waals surface area contributed by atoms with Crippen molar-refractivity contribution in [1.29, 1.82) is 0 Å². The lowest BCUT2D eigenvalue weighted by Crippen LogP contribution is -2.29. The molecule has 1 unspecified atom stereocenters. The van der Waals surface area contributed by atoms with Crippen LogP contribution in [-0.2, 0) is 0 Å². The first-order valence-electron chi connectivity index (χ1n) is 6.66. The number of nitrogens with two attached hydrogens (primary N) is 1. The molecule has 104 valence electrons. The van der Waals surface area contributed by atoms with Gasteiger partial charge in [0.1, 0.15) is 16.5 Å². The van der Waals surface area contributed by atoms with E-state index in [1.807, 2.05) is 0 Å². The molecule has 1 aromatic rings. The fourth-order valence-electron chi connectivity index (χ4n) is 2.29. The summed E-state index contributed by atoms with van der Waals surface area (Å²) >= 11 is 4.84. The molecule has 1 atom stereocenters. The van der Waals surface area contributed by atoms with Crippen molar-refractivity contribution in [3.05, 3.63) is 18.1 Å². The minimum absolute atomic E-state index is 0.280. The highest BCUT2D eigenvalue weighted by Gasteiger charge is 2.23. The molecule has 2 heterocycles. The van der Waals surface area contributed by atoms with Crippen LogP contribution in [-0.4, -0.2) is 45.5 Å². The Hall–Kier alpha value is -1.27. The molecule has 1 aliphatic heterocycles.